The molecule has 6 nitrogen and oxygen atoms in total. The Hall–Kier alpha value is -2.12. The van der Waals surface area contributed by atoms with E-state index in [1.165, 1.54) is 0 Å². The zero-order valence-electron chi connectivity index (χ0n) is 16.5. The quantitative estimate of drug-likeness (QED) is 0.244. The Morgan fingerprint density at radius 2 is 1.97 bits per heavy atom. The van der Waals surface area contributed by atoms with Crippen LogP contribution in [-0.2, 0) is 14.3 Å². The van der Waals surface area contributed by atoms with Crippen molar-refractivity contribution in [3.8, 4) is 5.75 Å². The van der Waals surface area contributed by atoms with E-state index in [0.29, 0.717) is 36.1 Å². The number of carboxylic acid groups (broad SMARTS) is 1. The number of carboxylic acids is 1. The molecule has 2 aliphatic heterocycles. The van der Waals surface area contributed by atoms with Crippen LogP contribution in [0.5, 0.6) is 5.75 Å². The molecule has 2 aliphatic rings. The summed E-state index contributed by atoms with van der Waals surface area (Å²) in [5.74, 6) is 0.787. The van der Waals surface area contributed by atoms with E-state index in [4.69, 9.17) is 31.5 Å². The van der Waals surface area contributed by atoms with Gasteiger partial charge >= 0.3 is 5.97 Å². The maximum Gasteiger partial charge on any atom is 0.303 e. The molecule has 158 valence electrons. The Labute approximate surface area is 177 Å². The van der Waals surface area contributed by atoms with E-state index in [1.54, 1.807) is 0 Å². The van der Waals surface area contributed by atoms with Crippen LogP contribution in [-0.4, -0.2) is 41.8 Å². The highest BCUT2D eigenvalue weighted by molar-refractivity contribution is 7.80. The van der Waals surface area contributed by atoms with Gasteiger partial charge in [-0.2, -0.15) is 0 Å². The fraction of sp³-hybridized carbons (Fsp3) is 0.545. The highest BCUT2D eigenvalue weighted by Gasteiger charge is 2.48. The van der Waals surface area contributed by atoms with Crippen LogP contribution in [0.25, 0.3) is 0 Å². The molecule has 1 aromatic carbocycles. The lowest BCUT2D eigenvalue weighted by Gasteiger charge is -2.27. The van der Waals surface area contributed by atoms with Crippen molar-refractivity contribution in [1.29, 1.82) is 0 Å². The number of hydrogen-bond acceptors (Lipinski definition) is 5. The lowest BCUT2D eigenvalue weighted by atomic mass is 9.78. The monoisotopic (exact) mass is 419 g/mol. The van der Waals surface area contributed by atoms with E-state index >= 15 is 0 Å². The van der Waals surface area contributed by atoms with Gasteiger partial charge in [0.25, 0.3) is 5.17 Å². The van der Waals surface area contributed by atoms with E-state index < -0.39 is 5.97 Å². The van der Waals surface area contributed by atoms with Crippen molar-refractivity contribution in [2.45, 2.75) is 50.7 Å². The molecule has 2 heterocycles. The molecule has 0 aromatic heterocycles. The second-order valence-electron chi connectivity index (χ2n) is 7.49. The smallest absolute Gasteiger partial charge is 0.303 e. The van der Waals surface area contributed by atoms with Crippen molar-refractivity contribution in [3.63, 3.8) is 0 Å². The zero-order chi connectivity index (χ0) is 20.5. The van der Waals surface area contributed by atoms with Gasteiger partial charge < -0.3 is 24.6 Å². The first-order chi connectivity index (χ1) is 14.1. The van der Waals surface area contributed by atoms with Gasteiger partial charge in [0, 0.05) is 12.3 Å². The molecule has 0 spiro atoms. The summed E-state index contributed by atoms with van der Waals surface area (Å²) >= 11 is 5.27. The molecule has 4 atom stereocenters. The van der Waals surface area contributed by atoms with Gasteiger partial charge in [0.1, 0.15) is 5.75 Å². The molecular formula is C22H29NO5S. The van der Waals surface area contributed by atoms with Gasteiger partial charge in [-0.3, -0.25) is 4.79 Å². The number of ether oxygens (including phenoxy) is 3. The van der Waals surface area contributed by atoms with Crippen LogP contribution in [0.2, 0.25) is 0 Å². The van der Waals surface area contributed by atoms with E-state index in [-0.39, 0.29) is 19.3 Å². The van der Waals surface area contributed by atoms with Crippen LogP contribution < -0.4 is 10.1 Å². The van der Waals surface area contributed by atoms with Crippen LogP contribution >= 0.6 is 12.2 Å². The molecule has 2 N–H and O–H groups in total. The summed E-state index contributed by atoms with van der Waals surface area (Å²) in [6.45, 7) is 0.800. The third-order valence-electron chi connectivity index (χ3n) is 5.53. The standard InChI is InChI=1S/C22H29NO5S/c24-21(25)11-7-2-1-6-10-17-18(20-13-12-19(17)28-20)14-26-22(29)23-15-27-16-8-4-3-5-9-16/h1,3-6,8-9,17-20H,2,7,10-15H2,(H,23,29)(H,24,25)/b6-1-/t17-,18+,19-,20+/m1/s1. The van der Waals surface area contributed by atoms with Crippen LogP contribution in [0.1, 0.15) is 38.5 Å². The van der Waals surface area contributed by atoms with Crippen LogP contribution in [0.15, 0.2) is 42.5 Å². The summed E-state index contributed by atoms with van der Waals surface area (Å²) in [6, 6.07) is 9.54. The number of thiocarbonyl (C=S) groups is 1. The van der Waals surface area contributed by atoms with E-state index in [0.717, 1.165) is 31.4 Å². The molecule has 2 bridgehead atoms. The van der Waals surface area contributed by atoms with Gasteiger partial charge in [0.05, 0.1) is 18.8 Å². The number of para-hydroxylation sites is 1. The van der Waals surface area contributed by atoms with Crippen molar-refractivity contribution in [2.75, 3.05) is 13.3 Å². The lowest BCUT2D eigenvalue weighted by molar-refractivity contribution is -0.137. The van der Waals surface area contributed by atoms with Crippen molar-refractivity contribution in [1.82, 2.24) is 5.32 Å². The average molecular weight is 420 g/mol. The molecule has 2 saturated heterocycles. The summed E-state index contributed by atoms with van der Waals surface area (Å²) in [4.78, 5) is 10.6. The topological polar surface area (TPSA) is 77.0 Å². The number of rotatable bonds is 11. The highest BCUT2D eigenvalue weighted by atomic mass is 32.1. The summed E-state index contributed by atoms with van der Waals surface area (Å²) < 4.78 is 17.5. The number of carbonyl (C=O) groups is 1. The SMILES string of the molecule is O=C(O)CCC/C=C\C[C@@H]1[C@H](COC(=S)NCOc2ccccc2)[C@@H]2CC[C@H]1O2. The molecule has 0 amide bonds. The number of hydrogen-bond donors (Lipinski definition) is 2. The normalized spacial score (nSPS) is 25.2. The summed E-state index contributed by atoms with van der Waals surface area (Å²) in [7, 11) is 0. The van der Waals surface area contributed by atoms with Crippen molar-refractivity contribution < 1.29 is 24.1 Å². The molecule has 0 aliphatic carbocycles. The predicted octanol–water partition coefficient (Wildman–Crippen LogP) is 3.91. The Morgan fingerprint density at radius 1 is 1.21 bits per heavy atom. The van der Waals surface area contributed by atoms with Crippen molar-refractivity contribution >= 4 is 23.4 Å². The van der Waals surface area contributed by atoms with Gasteiger partial charge in [-0.25, -0.2) is 0 Å². The largest absolute Gasteiger partial charge is 0.481 e. The molecule has 1 aromatic rings. The maximum absolute atomic E-state index is 10.6. The number of aliphatic carboxylic acids is 1. The molecule has 0 radical (unpaired) electrons. The summed E-state index contributed by atoms with van der Waals surface area (Å²) in [6.07, 6.45) is 9.58. The maximum atomic E-state index is 10.6. The van der Waals surface area contributed by atoms with E-state index in [1.807, 2.05) is 30.3 Å². The van der Waals surface area contributed by atoms with Crippen molar-refractivity contribution in [3.05, 3.63) is 42.5 Å². The van der Waals surface area contributed by atoms with Gasteiger partial charge in [-0.15, -0.1) is 0 Å². The number of benzene rings is 1. The molecule has 29 heavy (non-hydrogen) atoms. The van der Waals surface area contributed by atoms with Crippen LogP contribution in [0.3, 0.4) is 0 Å². The summed E-state index contributed by atoms with van der Waals surface area (Å²) in [5.41, 5.74) is 0. The number of unbranched alkanes of at least 4 members (excludes halogenated alkanes) is 1. The molecule has 7 heteroatoms. The van der Waals surface area contributed by atoms with Gasteiger partial charge in [-0.05, 0) is 62.4 Å². The van der Waals surface area contributed by atoms with Crippen molar-refractivity contribution in [2.24, 2.45) is 11.8 Å². The number of nitrogens with one attached hydrogen (secondary N) is 1. The van der Waals surface area contributed by atoms with Crippen LogP contribution in [0.4, 0.5) is 0 Å². The van der Waals surface area contributed by atoms with Gasteiger partial charge in [0.2, 0.25) is 0 Å². The first-order valence-corrected chi connectivity index (χ1v) is 10.6. The third kappa shape index (κ3) is 6.72. The lowest BCUT2D eigenvalue weighted by Crippen LogP contribution is -2.34. The molecule has 2 fully saturated rings. The minimum absolute atomic E-state index is 0.219. The Bertz CT molecular complexity index is 696. The van der Waals surface area contributed by atoms with Gasteiger partial charge in [-0.1, -0.05) is 30.4 Å². The average Bonchev–Trinajstić information content (AvgIpc) is 3.31. The zero-order valence-corrected chi connectivity index (χ0v) is 17.3. The van der Waals surface area contributed by atoms with E-state index in [2.05, 4.69) is 17.5 Å². The Balaban J connectivity index is 1.37. The second kappa shape index (κ2) is 11.2. The number of allylic oxidation sites excluding steroid dienone is 2. The first-order valence-electron chi connectivity index (χ1n) is 10.2. The molecule has 0 unspecified atom stereocenters. The van der Waals surface area contributed by atoms with Crippen LogP contribution in [0, 0.1) is 11.8 Å². The minimum Gasteiger partial charge on any atom is -0.481 e. The fourth-order valence-corrected chi connectivity index (χ4v) is 4.22. The highest BCUT2D eigenvalue weighted by Crippen LogP contribution is 2.45. The fourth-order valence-electron chi connectivity index (χ4n) is 4.09. The van der Waals surface area contributed by atoms with E-state index in [9.17, 15) is 4.79 Å². The third-order valence-corrected chi connectivity index (χ3v) is 5.79. The molecule has 3 rings (SSSR count). The minimum atomic E-state index is -0.740. The van der Waals surface area contributed by atoms with Gasteiger partial charge in [0.15, 0.2) is 6.73 Å². The predicted molar refractivity (Wildman–Crippen MR) is 114 cm³/mol. The first kappa shape index (κ1) is 21.6. The Morgan fingerprint density at radius 3 is 2.72 bits per heavy atom. The second-order valence-corrected chi connectivity index (χ2v) is 7.86. The molecular weight excluding hydrogens is 390 g/mol. The molecule has 0 saturated carbocycles. The Kier molecular flexibility index (Phi) is 8.31. The number of fused-ring (bicyclic) bond motifs is 2. The summed E-state index contributed by atoms with van der Waals surface area (Å²) in [5, 5.41) is 12.0.